The molecule has 0 amide bonds. The van der Waals surface area contributed by atoms with Gasteiger partial charge in [-0.1, -0.05) is 54.1 Å². The van der Waals surface area contributed by atoms with Gasteiger partial charge in [0.15, 0.2) is 0 Å². The van der Waals surface area contributed by atoms with Crippen LogP contribution in [0.2, 0.25) is 5.02 Å². The van der Waals surface area contributed by atoms with Crippen LogP contribution < -0.4 is 0 Å². The first kappa shape index (κ1) is 22.7. The van der Waals surface area contributed by atoms with Gasteiger partial charge in [-0.3, -0.25) is 0 Å². The second kappa shape index (κ2) is 7.99. The summed E-state index contributed by atoms with van der Waals surface area (Å²) >= 11 is 7.19. The molecule has 0 unspecified atom stereocenters. The van der Waals surface area contributed by atoms with Gasteiger partial charge in [0, 0.05) is 44.5 Å². The Balaban J connectivity index is 1.26. The molecule has 4 aromatic heterocycles. The summed E-state index contributed by atoms with van der Waals surface area (Å²) in [5, 5.41) is 16.8. The van der Waals surface area contributed by atoms with E-state index < -0.39 is 0 Å². The Labute approximate surface area is 237 Å². The molecule has 0 saturated heterocycles. The van der Waals surface area contributed by atoms with E-state index >= 15 is 0 Å². The number of rotatable bonds is 2. The highest BCUT2D eigenvalue weighted by molar-refractivity contribution is 6.34. The first-order chi connectivity index (χ1) is 20.0. The van der Waals surface area contributed by atoms with Crippen molar-refractivity contribution in [1.82, 2.24) is 19.6 Å². The van der Waals surface area contributed by atoms with E-state index in [1.807, 2.05) is 77.8 Å². The molecule has 41 heavy (non-hydrogen) atoms. The standard InChI is InChI=1S/C34H21ClN4O2/c1-18-22-14-24-20-8-3-5-12-30(20)40-32(24)16-28(22)38(36-18)26-10-7-11-27(34(26)35)39-29-17-33-25(15-23(29)19(2)37-39)21-9-4-6-13-31(21)41-33/h3-17H,1-2H3. The molecular weight excluding hydrogens is 532 g/mol. The van der Waals surface area contributed by atoms with Gasteiger partial charge in [-0.15, -0.1) is 0 Å². The predicted molar refractivity (Wildman–Crippen MR) is 165 cm³/mol. The largest absolute Gasteiger partial charge is 0.456 e. The maximum Gasteiger partial charge on any atom is 0.137 e. The molecule has 0 fully saturated rings. The van der Waals surface area contributed by atoms with Crippen molar-refractivity contribution in [3.05, 3.63) is 107 Å². The highest BCUT2D eigenvalue weighted by atomic mass is 35.5. The first-order valence-corrected chi connectivity index (χ1v) is 13.8. The molecular formula is C34H21ClN4O2. The Hall–Kier alpha value is -5.07. The van der Waals surface area contributed by atoms with Crippen LogP contribution in [0.25, 0.3) is 77.1 Å². The number of furan rings is 2. The summed E-state index contributed by atoms with van der Waals surface area (Å²) in [6.07, 6.45) is 0. The molecule has 9 aromatic rings. The fraction of sp³-hybridized carbons (Fsp3) is 0.0588. The summed E-state index contributed by atoms with van der Waals surface area (Å²) in [5.74, 6) is 0. The van der Waals surface area contributed by atoms with E-state index in [1.165, 1.54) is 0 Å². The Morgan fingerprint density at radius 3 is 1.46 bits per heavy atom. The molecule has 5 aromatic carbocycles. The summed E-state index contributed by atoms with van der Waals surface area (Å²) < 4.78 is 16.2. The highest BCUT2D eigenvalue weighted by Gasteiger charge is 2.20. The Kier molecular flexibility index (Phi) is 4.43. The molecule has 9 rings (SSSR count). The zero-order valence-electron chi connectivity index (χ0n) is 22.1. The third kappa shape index (κ3) is 3.08. The lowest BCUT2D eigenvalue weighted by Gasteiger charge is -2.12. The first-order valence-electron chi connectivity index (χ1n) is 13.5. The Bertz CT molecular complexity index is 2360. The number of fused-ring (bicyclic) bond motifs is 8. The number of hydrogen-bond donors (Lipinski definition) is 0. The third-order valence-corrected chi connectivity index (χ3v) is 8.53. The van der Waals surface area contributed by atoms with Crippen LogP contribution in [-0.2, 0) is 0 Å². The lowest BCUT2D eigenvalue weighted by molar-refractivity contribution is 0.669. The number of benzene rings is 5. The molecule has 196 valence electrons. The molecule has 0 aliphatic carbocycles. The van der Waals surface area contributed by atoms with E-state index in [2.05, 4.69) is 36.4 Å². The van der Waals surface area contributed by atoms with Crippen LogP contribution in [0.3, 0.4) is 0 Å². The monoisotopic (exact) mass is 552 g/mol. The Morgan fingerprint density at radius 1 is 0.512 bits per heavy atom. The second-order valence-corrected chi connectivity index (χ2v) is 10.9. The molecule has 0 bridgehead atoms. The van der Waals surface area contributed by atoms with Gasteiger partial charge in [0.25, 0.3) is 0 Å². The van der Waals surface area contributed by atoms with Gasteiger partial charge in [-0.2, -0.15) is 10.2 Å². The summed E-state index contributed by atoms with van der Waals surface area (Å²) in [7, 11) is 0. The average Bonchev–Trinajstić information content (AvgIpc) is 3.72. The molecule has 7 heteroatoms. The van der Waals surface area contributed by atoms with Crippen molar-refractivity contribution in [3.63, 3.8) is 0 Å². The van der Waals surface area contributed by atoms with Gasteiger partial charge in [0.05, 0.1) is 38.8 Å². The van der Waals surface area contributed by atoms with Crippen molar-refractivity contribution in [2.75, 3.05) is 0 Å². The molecule has 0 saturated carbocycles. The molecule has 0 N–H and O–H groups in total. The predicted octanol–water partition coefficient (Wildman–Crippen LogP) is 9.43. The van der Waals surface area contributed by atoms with Gasteiger partial charge in [0.2, 0.25) is 0 Å². The van der Waals surface area contributed by atoms with Gasteiger partial charge in [-0.25, -0.2) is 9.36 Å². The normalized spacial score (nSPS) is 12.3. The van der Waals surface area contributed by atoms with Crippen molar-refractivity contribution in [2.24, 2.45) is 0 Å². The minimum atomic E-state index is 0.552. The van der Waals surface area contributed by atoms with Gasteiger partial charge < -0.3 is 8.83 Å². The number of nitrogens with zero attached hydrogens (tertiary/aromatic N) is 4. The third-order valence-electron chi connectivity index (χ3n) is 8.14. The van der Waals surface area contributed by atoms with Crippen LogP contribution in [0.1, 0.15) is 11.4 Å². The van der Waals surface area contributed by atoms with Crippen LogP contribution in [0.15, 0.2) is 99.8 Å². The van der Waals surface area contributed by atoms with Crippen LogP contribution in [0.4, 0.5) is 0 Å². The number of para-hydroxylation sites is 2. The molecule has 0 radical (unpaired) electrons. The SMILES string of the molecule is Cc1nn(-c2cccc(-n3nc(C)c4cc5c(cc43)oc3ccccc35)c2Cl)c2cc3oc4ccccc4c3cc12. The molecule has 0 aliphatic heterocycles. The number of aromatic nitrogens is 4. The van der Waals surface area contributed by atoms with E-state index in [4.69, 9.17) is 30.6 Å². The zero-order valence-corrected chi connectivity index (χ0v) is 22.9. The minimum absolute atomic E-state index is 0.552. The summed E-state index contributed by atoms with van der Waals surface area (Å²) in [5.41, 5.74) is 8.59. The van der Waals surface area contributed by atoms with Crippen molar-refractivity contribution in [2.45, 2.75) is 13.8 Å². The maximum atomic E-state index is 7.19. The summed E-state index contributed by atoms with van der Waals surface area (Å²) in [6, 6.07) is 30.6. The van der Waals surface area contributed by atoms with Crippen LogP contribution >= 0.6 is 11.6 Å². The quantitative estimate of drug-likeness (QED) is 0.214. The number of hydrogen-bond acceptors (Lipinski definition) is 4. The number of halogens is 1. The summed E-state index contributed by atoms with van der Waals surface area (Å²) in [6.45, 7) is 4.04. The number of aryl methyl sites for hydroxylation is 2. The molecule has 0 atom stereocenters. The Morgan fingerprint density at radius 2 is 0.976 bits per heavy atom. The molecule has 0 aliphatic rings. The van der Waals surface area contributed by atoms with Crippen molar-refractivity contribution < 1.29 is 8.83 Å². The van der Waals surface area contributed by atoms with Crippen molar-refractivity contribution in [3.8, 4) is 11.4 Å². The van der Waals surface area contributed by atoms with Crippen LogP contribution in [0.5, 0.6) is 0 Å². The molecule has 6 nitrogen and oxygen atoms in total. The van der Waals surface area contributed by atoms with Gasteiger partial charge >= 0.3 is 0 Å². The fourth-order valence-corrected chi connectivity index (χ4v) is 6.46. The molecule has 4 heterocycles. The maximum absolute atomic E-state index is 7.19. The van der Waals surface area contributed by atoms with Gasteiger partial charge in [0.1, 0.15) is 22.3 Å². The van der Waals surface area contributed by atoms with E-state index in [1.54, 1.807) is 0 Å². The smallest absolute Gasteiger partial charge is 0.137 e. The van der Waals surface area contributed by atoms with E-state index in [9.17, 15) is 0 Å². The van der Waals surface area contributed by atoms with Crippen molar-refractivity contribution >= 4 is 77.3 Å². The van der Waals surface area contributed by atoms with E-state index in [0.29, 0.717) is 5.02 Å². The van der Waals surface area contributed by atoms with E-state index in [0.717, 1.165) is 88.4 Å². The van der Waals surface area contributed by atoms with Crippen molar-refractivity contribution in [1.29, 1.82) is 0 Å². The van der Waals surface area contributed by atoms with Gasteiger partial charge in [-0.05, 0) is 50.2 Å². The minimum Gasteiger partial charge on any atom is -0.456 e. The lowest BCUT2D eigenvalue weighted by atomic mass is 10.1. The lowest BCUT2D eigenvalue weighted by Crippen LogP contribution is -2.03. The molecule has 0 spiro atoms. The summed E-state index contributed by atoms with van der Waals surface area (Å²) in [4.78, 5) is 0. The van der Waals surface area contributed by atoms with Crippen LogP contribution in [0, 0.1) is 13.8 Å². The highest BCUT2D eigenvalue weighted by Crippen LogP contribution is 2.38. The zero-order chi connectivity index (χ0) is 27.4. The fourth-order valence-electron chi connectivity index (χ4n) is 6.17. The van der Waals surface area contributed by atoms with Crippen LogP contribution in [-0.4, -0.2) is 19.6 Å². The van der Waals surface area contributed by atoms with E-state index in [-0.39, 0.29) is 0 Å². The topological polar surface area (TPSA) is 61.9 Å². The second-order valence-electron chi connectivity index (χ2n) is 10.5. The average molecular weight is 553 g/mol.